The van der Waals surface area contributed by atoms with Gasteiger partial charge in [0.25, 0.3) is 0 Å². The Balaban J connectivity index is 1.16. The SMILES string of the molecule is [C-]#[N+]c1cccc(-c2cccc(-n3c4ccccc4c4ccc(-n5c6ccccc6c6cc(C#N)ccc65)cc43)c2)c1-n1c2ccccc2c2ccccc21. The first-order valence-corrected chi connectivity index (χ1v) is 18.3. The predicted molar refractivity (Wildman–Crippen MR) is 226 cm³/mol. The molecule has 0 aliphatic heterocycles. The molecule has 0 bridgehead atoms. The molecule has 11 aromatic rings. The second kappa shape index (κ2) is 11.8. The minimum atomic E-state index is 0.601. The summed E-state index contributed by atoms with van der Waals surface area (Å²) < 4.78 is 6.92. The van der Waals surface area contributed by atoms with Crippen LogP contribution in [-0.4, -0.2) is 13.7 Å². The van der Waals surface area contributed by atoms with Crippen LogP contribution in [0.4, 0.5) is 5.69 Å². The van der Waals surface area contributed by atoms with Crippen molar-refractivity contribution in [2.24, 2.45) is 0 Å². The van der Waals surface area contributed by atoms with Gasteiger partial charge in [-0.05, 0) is 77.9 Å². The second-order valence-corrected chi connectivity index (χ2v) is 14.0. The zero-order chi connectivity index (χ0) is 36.6. The van der Waals surface area contributed by atoms with Gasteiger partial charge in [-0.2, -0.15) is 5.26 Å². The van der Waals surface area contributed by atoms with Crippen molar-refractivity contribution < 1.29 is 0 Å². The summed E-state index contributed by atoms with van der Waals surface area (Å²) in [5.74, 6) is 0. The maximum atomic E-state index is 9.71. The van der Waals surface area contributed by atoms with Gasteiger partial charge < -0.3 is 13.7 Å². The number of benzene rings is 8. The van der Waals surface area contributed by atoms with Crippen molar-refractivity contribution >= 4 is 71.1 Å². The summed E-state index contributed by atoms with van der Waals surface area (Å²) in [6, 6.07) is 63.6. The van der Waals surface area contributed by atoms with Crippen LogP contribution in [0.15, 0.2) is 176 Å². The number of nitriles is 1. The lowest BCUT2D eigenvalue weighted by Crippen LogP contribution is -1.99. The van der Waals surface area contributed by atoms with E-state index in [4.69, 9.17) is 6.57 Å². The van der Waals surface area contributed by atoms with E-state index in [0.29, 0.717) is 11.3 Å². The Labute approximate surface area is 316 Å². The fourth-order valence-corrected chi connectivity index (χ4v) is 8.76. The van der Waals surface area contributed by atoms with Gasteiger partial charge in [0.15, 0.2) is 0 Å². The molecule has 55 heavy (non-hydrogen) atoms. The van der Waals surface area contributed by atoms with Gasteiger partial charge in [0.1, 0.15) is 0 Å². The Morgan fingerprint density at radius 1 is 0.418 bits per heavy atom. The Kier molecular flexibility index (Phi) is 6.61. The van der Waals surface area contributed by atoms with E-state index in [9.17, 15) is 5.26 Å². The van der Waals surface area contributed by atoms with Gasteiger partial charge in [0, 0.05) is 43.7 Å². The molecule has 254 valence electrons. The summed E-state index contributed by atoms with van der Waals surface area (Å²) in [6.07, 6.45) is 0. The summed E-state index contributed by atoms with van der Waals surface area (Å²) in [7, 11) is 0. The van der Waals surface area contributed by atoms with E-state index in [-0.39, 0.29) is 0 Å². The van der Waals surface area contributed by atoms with Crippen molar-refractivity contribution in [3.63, 3.8) is 0 Å². The fourth-order valence-electron chi connectivity index (χ4n) is 8.76. The molecule has 3 aromatic heterocycles. The third-order valence-electron chi connectivity index (χ3n) is 11.1. The molecule has 0 atom stereocenters. The molecule has 0 radical (unpaired) electrons. The zero-order valence-corrected chi connectivity index (χ0v) is 29.5. The Morgan fingerprint density at radius 2 is 0.945 bits per heavy atom. The van der Waals surface area contributed by atoms with E-state index in [1.54, 1.807) is 0 Å². The number of para-hydroxylation sites is 5. The number of hydrogen-bond donors (Lipinski definition) is 0. The van der Waals surface area contributed by atoms with Crippen LogP contribution in [0.5, 0.6) is 0 Å². The van der Waals surface area contributed by atoms with Crippen LogP contribution >= 0.6 is 0 Å². The summed E-state index contributed by atoms with van der Waals surface area (Å²) in [6.45, 7) is 8.29. The van der Waals surface area contributed by atoms with Crippen molar-refractivity contribution in [3.8, 4) is 34.3 Å². The van der Waals surface area contributed by atoms with E-state index in [1.807, 2.05) is 24.3 Å². The number of aromatic nitrogens is 3. The highest BCUT2D eigenvalue weighted by Gasteiger charge is 2.21. The standard InChI is InChI=1S/C50H29N5/c1-52-43-19-11-18-36(50(43)55-46-22-8-3-14-37(46)38-15-4-9-23-47(38)55)33-12-10-13-34(29-33)54-44-20-6-2-16-39(44)41-26-25-35(30-49(41)54)53-45-21-7-5-17-40(45)42-28-32(31-51)24-27-48(42)53/h2-30H. The first-order valence-electron chi connectivity index (χ1n) is 18.3. The quantitative estimate of drug-likeness (QED) is 0.169. The Morgan fingerprint density at radius 3 is 1.58 bits per heavy atom. The minimum absolute atomic E-state index is 0.601. The van der Waals surface area contributed by atoms with E-state index in [2.05, 4.69) is 176 Å². The lowest BCUT2D eigenvalue weighted by Gasteiger charge is -2.17. The van der Waals surface area contributed by atoms with Gasteiger partial charge in [-0.25, -0.2) is 4.85 Å². The smallest absolute Gasteiger partial charge is 0.211 e. The van der Waals surface area contributed by atoms with E-state index in [1.165, 1.54) is 10.8 Å². The molecule has 0 fully saturated rings. The molecule has 0 saturated heterocycles. The average molecular weight is 700 g/mol. The number of nitrogens with zero attached hydrogens (tertiary/aromatic N) is 5. The van der Waals surface area contributed by atoms with Crippen molar-refractivity contribution in [3.05, 3.63) is 193 Å². The molecule has 0 saturated carbocycles. The Hall–Kier alpha value is -7.86. The van der Waals surface area contributed by atoms with Gasteiger partial charge in [-0.1, -0.05) is 109 Å². The highest BCUT2D eigenvalue weighted by Crippen LogP contribution is 2.42. The van der Waals surface area contributed by atoms with Gasteiger partial charge in [-0.15, -0.1) is 0 Å². The molecule has 0 unspecified atom stereocenters. The molecular weight excluding hydrogens is 671 g/mol. The molecule has 8 aromatic carbocycles. The maximum Gasteiger partial charge on any atom is 0.211 e. The van der Waals surface area contributed by atoms with Crippen LogP contribution in [0, 0.1) is 17.9 Å². The van der Waals surface area contributed by atoms with Gasteiger partial charge >= 0.3 is 0 Å². The third kappa shape index (κ3) is 4.45. The lowest BCUT2D eigenvalue weighted by atomic mass is 10.0. The van der Waals surface area contributed by atoms with Crippen LogP contribution in [0.1, 0.15) is 5.56 Å². The molecule has 3 heterocycles. The lowest BCUT2D eigenvalue weighted by molar-refractivity contribution is 1.15. The van der Waals surface area contributed by atoms with Gasteiger partial charge in [0.2, 0.25) is 5.69 Å². The van der Waals surface area contributed by atoms with Gasteiger partial charge in [0.05, 0.1) is 57.0 Å². The second-order valence-electron chi connectivity index (χ2n) is 14.0. The van der Waals surface area contributed by atoms with Gasteiger partial charge in [-0.3, -0.25) is 0 Å². The molecule has 11 rings (SSSR count). The van der Waals surface area contributed by atoms with Crippen LogP contribution in [0.25, 0.3) is 98.5 Å². The molecule has 0 aliphatic carbocycles. The summed E-state index contributed by atoms with van der Waals surface area (Å²) in [5.41, 5.74) is 12.7. The van der Waals surface area contributed by atoms with Crippen LogP contribution < -0.4 is 0 Å². The molecule has 5 heteroatoms. The van der Waals surface area contributed by atoms with Crippen molar-refractivity contribution in [2.75, 3.05) is 0 Å². The molecule has 0 amide bonds. The average Bonchev–Trinajstić information content (AvgIpc) is 3.88. The zero-order valence-electron chi connectivity index (χ0n) is 29.5. The van der Waals surface area contributed by atoms with Crippen LogP contribution in [0.3, 0.4) is 0 Å². The summed E-state index contributed by atoms with van der Waals surface area (Å²) in [4.78, 5) is 4.07. The summed E-state index contributed by atoms with van der Waals surface area (Å²) in [5, 5.41) is 16.5. The normalized spacial score (nSPS) is 11.6. The van der Waals surface area contributed by atoms with E-state index in [0.717, 1.165) is 82.8 Å². The van der Waals surface area contributed by atoms with Crippen LogP contribution in [0.2, 0.25) is 0 Å². The number of fused-ring (bicyclic) bond motifs is 9. The van der Waals surface area contributed by atoms with Crippen molar-refractivity contribution in [1.29, 1.82) is 5.26 Å². The minimum Gasteiger partial charge on any atom is -0.318 e. The molecule has 0 spiro atoms. The van der Waals surface area contributed by atoms with E-state index < -0.39 is 0 Å². The highest BCUT2D eigenvalue weighted by atomic mass is 15.0. The topological polar surface area (TPSA) is 42.9 Å². The number of rotatable bonds is 4. The predicted octanol–water partition coefficient (Wildman–Crippen LogP) is 13.1. The molecule has 0 N–H and O–H groups in total. The number of hydrogen-bond acceptors (Lipinski definition) is 1. The summed E-state index contributed by atoms with van der Waals surface area (Å²) >= 11 is 0. The highest BCUT2D eigenvalue weighted by molar-refractivity contribution is 6.13. The fraction of sp³-hybridized carbons (Fsp3) is 0. The first kappa shape index (κ1) is 30.7. The maximum absolute atomic E-state index is 9.71. The monoisotopic (exact) mass is 699 g/mol. The van der Waals surface area contributed by atoms with Crippen LogP contribution in [-0.2, 0) is 0 Å². The third-order valence-corrected chi connectivity index (χ3v) is 11.1. The molecule has 0 aliphatic rings. The van der Waals surface area contributed by atoms with E-state index >= 15 is 0 Å². The molecule has 5 nitrogen and oxygen atoms in total. The van der Waals surface area contributed by atoms with Crippen molar-refractivity contribution in [1.82, 2.24) is 13.7 Å². The Bertz CT molecular complexity index is 3420. The van der Waals surface area contributed by atoms with Crippen molar-refractivity contribution in [2.45, 2.75) is 0 Å². The first-order chi connectivity index (χ1) is 27.2. The largest absolute Gasteiger partial charge is 0.318 e. The molecular formula is C50H29N5.